The Labute approximate surface area is 119 Å². The summed E-state index contributed by atoms with van der Waals surface area (Å²) in [5.74, 6) is 0.620. The molecule has 3 N–H and O–H groups in total. The number of hydrogen-bond acceptors (Lipinski definition) is 3. The van der Waals surface area contributed by atoms with Crippen LogP contribution < -0.4 is 11.1 Å². The van der Waals surface area contributed by atoms with Crippen molar-refractivity contribution >= 4 is 5.91 Å². The second-order valence-electron chi connectivity index (χ2n) is 5.64. The highest BCUT2D eigenvalue weighted by atomic mass is 16.2. The Kier molecular flexibility index (Phi) is 9.88. The van der Waals surface area contributed by atoms with Gasteiger partial charge in [-0.25, -0.2) is 0 Å². The Morgan fingerprint density at radius 3 is 2.21 bits per heavy atom. The summed E-state index contributed by atoms with van der Waals surface area (Å²) in [6.07, 6.45) is 2.80. The van der Waals surface area contributed by atoms with Crippen LogP contribution in [-0.4, -0.2) is 42.5 Å². The summed E-state index contributed by atoms with van der Waals surface area (Å²) in [5.41, 5.74) is 5.83. The van der Waals surface area contributed by atoms with Crippen LogP contribution in [0.1, 0.15) is 53.9 Å². The first kappa shape index (κ1) is 18.4. The van der Waals surface area contributed by atoms with Crippen molar-refractivity contribution in [2.75, 3.05) is 19.6 Å². The zero-order valence-electron chi connectivity index (χ0n) is 13.4. The Morgan fingerprint density at radius 1 is 1.21 bits per heavy atom. The first-order chi connectivity index (χ1) is 8.96. The van der Waals surface area contributed by atoms with Crippen LogP contribution in [0.25, 0.3) is 0 Å². The molecule has 0 rings (SSSR count). The van der Waals surface area contributed by atoms with Crippen LogP contribution in [0.3, 0.4) is 0 Å². The minimum Gasteiger partial charge on any atom is -0.353 e. The molecule has 0 spiro atoms. The number of nitrogens with one attached hydrogen (secondary N) is 1. The highest BCUT2D eigenvalue weighted by molar-refractivity contribution is 5.81. The minimum absolute atomic E-state index is 0.0113. The highest BCUT2D eigenvalue weighted by Crippen LogP contribution is 2.11. The van der Waals surface area contributed by atoms with Gasteiger partial charge in [-0.15, -0.1) is 0 Å². The predicted molar refractivity (Wildman–Crippen MR) is 82.1 cm³/mol. The van der Waals surface area contributed by atoms with E-state index in [9.17, 15) is 4.79 Å². The van der Waals surface area contributed by atoms with Gasteiger partial charge in [0.25, 0.3) is 0 Å². The van der Waals surface area contributed by atoms with Gasteiger partial charge in [-0.1, -0.05) is 41.0 Å². The number of hydrogen-bond donors (Lipinski definition) is 2. The number of carbonyl (C=O) groups excluding carboxylic acids is 1. The van der Waals surface area contributed by atoms with Crippen LogP contribution in [0, 0.1) is 5.92 Å². The number of amides is 1. The zero-order chi connectivity index (χ0) is 14.8. The van der Waals surface area contributed by atoms with E-state index >= 15 is 0 Å². The number of rotatable bonds is 10. The molecule has 114 valence electrons. The van der Waals surface area contributed by atoms with E-state index in [1.54, 1.807) is 0 Å². The molecule has 4 nitrogen and oxygen atoms in total. The van der Waals surface area contributed by atoms with E-state index in [1.165, 1.54) is 0 Å². The molecule has 0 aliphatic rings. The molecule has 1 amide bonds. The maximum Gasteiger partial charge on any atom is 0.236 e. The standard InChI is InChI=1S/C15H33N3O/c1-6-9-14(16)15(19)17-11-13(10-12(4)5)18(7-2)8-3/h12-14H,6-11,16H2,1-5H3,(H,17,19). The van der Waals surface area contributed by atoms with Gasteiger partial charge in [0.15, 0.2) is 0 Å². The predicted octanol–water partition coefficient (Wildman–Crippen LogP) is 1.99. The fourth-order valence-electron chi connectivity index (χ4n) is 2.44. The fourth-order valence-corrected chi connectivity index (χ4v) is 2.44. The first-order valence-electron chi connectivity index (χ1n) is 7.73. The fraction of sp³-hybridized carbons (Fsp3) is 0.933. The van der Waals surface area contributed by atoms with E-state index in [4.69, 9.17) is 5.73 Å². The SMILES string of the molecule is CCCC(N)C(=O)NCC(CC(C)C)N(CC)CC. The van der Waals surface area contributed by atoms with E-state index in [0.717, 1.165) is 32.4 Å². The van der Waals surface area contributed by atoms with Crippen molar-refractivity contribution in [3.8, 4) is 0 Å². The van der Waals surface area contributed by atoms with Crippen LogP contribution in [0.2, 0.25) is 0 Å². The van der Waals surface area contributed by atoms with Crippen molar-refractivity contribution in [2.45, 2.75) is 66.0 Å². The van der Waals surface area contributed by atoms with Crippen molar-refractivity contribution in [3.63, 3.8) is 0 Å². The Hall–Kier alpha value is -0.610. The third-order valence-electron chi connectivity index (χ3n) is 3.52. The summed E-state index contributed by atoms with van der Waals surface area (Å²) in [6.45, 7) is 13.6. The normalized spacial score (nSPS) is 14.7. The zero-order valence-corrected chi connectivity index (χ0v) is 13.4. The summed E-state index contributed by atoms with van der Waals surface area (Å²) < 4.78 is 0. The van der Waals surface area contributed by atoms with Crippen molar-refractivity contribution in [1.82, 2.24) is 10.2 Å². The van der Waals surface area contributed by atoms with Gasteiger partial charge in [0.05, 0.1) is 6.04 Å². The van der Waals surface area contributed by atoms with Gasteiger partial charge in [0.1, 0.15) is 0 Å². The summed E-state index contributed by atoms with van der Waals surface area (Å²) in [5, 5.41) is 3.02. The highest BCUT2D eigenvalue weighted by Gasteiger charge is 2.19. The van der Waals surface area contributed by atoms with E-state index in [-0.39, 0.29) is 11.9 Å². The summed E-state index contributed by atoms with van der Waals surface area (Å²) in [4.78, 5) is 14.3. The maximum absolute atomic E-state index is 11.9. The molecular formula is C15H33N3O. The lowest BCUT2D eigenvalue weighted by Crippen LogP contribution is -2.48. The average Bonchev–Trinajstić information content (AvgIpc) is 2.36. The van der Waals surface area contributed by atoms with Crippen LogP contribution in [0.15, 0.2) is 0 Å². The number of likely N-dealkylation sites (N-methyl/N-ethyl adjacent to an activating group) is 1. The molecule has 0 heterocycles. The third kappa shape index (κ3) is 7.53. The molecule has 0 saturated carbocycles. The largest absolute Gasteiger partial charge is 0.353 e. The molecule has 2 atom stereocenters. The van der Waals surface area contributed by atoms with Crippen molar-refractivity contribution in [1.29, 1.82) is 0 Å². The van der Waals surface area contributed by atoms with Crippen molar-refractivity contribution in [3.05, 3.63) is 0 Å². The molecule has 0 bridgehead atoms. The van der Waals surface area contributed by atoms with Gasteiger partial charge >= 0.3 is 0 Å². The van der Waals surface area contributed by atoms with E-state index in [0.29, 0.717) is 18.5 Å². The molecule has 0 aliphatic heterocycles. The number of nitrogens with zero attached hydrogens (tertiary/aromatic N) is 1. The summed E-state index contributed by atoms with van der Waals surface area (Å²) >= 11 is 0. The van der Waals surface area contributed by atoms with E-state index in [2.05, 4.69) is 37.9 Å². The van der Waals surface area contributed by atoms with Gasteiger partial charge < -0.3 is 11.1 Å². The Balaban J connectivity index is 4.36. The third-order valence-corrected chi connectivity index (χ3v) is 3.52. The minimum atomic E-state index is -0.360. The number of carbonyl (C=O) groups is 1. The Morgan fingerprint density at radius 2 is 1.79 bits per heavy atom. The molecule has 0 fully saturated rings. The van der Waals surface area contributed by atoms with E-state index < -0.39 is 0 Å². The van der Waals surface area contributed by atoms with E-state index in [1.807, 2.05) is 6.92 Å². The van der Waals surface area contributed by atoms with Crippen LogP contribution in [-0.2, 0) is 4.79 Å². The van der Waals surface area contributed by atoms with Gasteiger partial charge in [-0.2, -0.15) is 0 Å². The summed E-state index contributed by atoms with van der Waals surface area (Å²) in [6, 6.07) is 0.0502. The first-order valence-corrected chi connectivity index (χ1v) is 7.73. The molecule has 0 radical (unpaired) electrons. The molecule has 0 aromatic rings. The molecule has 0 aliphatic carbocycles. The molecule has 4 heteroatoms. The van der Waals surface area contributed by atoms with Crippen LogP contribution >= 0.6 is 0 Å². The topological polar surface area (TPSA) is 58.4 Å². The summed E-state index contributed by atoms with van der Waals surface area (Å²) in [7, 11) is 0. The van der Waals surface area contributed by atoms with Crippen molar-refractivity contribution < 1.29 is 4.79 Å². The smallest absolute Gasteiger partial charge is 0.236 e. The quantitative estimate of drug-likeness (QED) is 0.639. The molecule has 0 saturated heterocycles. The molecule has 2 unspecified atom stereocenters. The van der Waals surface area contributed by atoms with Crippen LogP contribution in [0.5, 0.6) is 0 Å². The molecular weight excluding hydrogens is 238 g/mol. The van der Waals surface area contributed by atoms with Gasteiger partial charge in [0.2, 0.25) is 5.91 Å². The lowest BCUT2D eigenvalue weighted by Gasteiger charge is -2.31. The second-order valence-corrected chi connectivity index (χ2v) is 5.64. The lowest BCUT2D eigenvalue weighted by atomic mass is 10.0. The maximum atomic E-state index is 11.9. The van der Waals surface area contributed by atoms with Gasteiger partial charge in [-0.3, -0.25) is 9.69 Å². The van der Waals surface area contributed by atoms with Crippen LogP contribution in [0.4, 0.5) is 0 Å². The number of nitrogens with two attached hydrogens (primary N) is 1. The van der Waals surface area contributed by atoms with Gasteiger partial charge in [-0.05, 0) is 31.8 Å². The monoisotopic (exact) mass is 271 g/mol. The van der Waals surface area contributed by atoms with Gasteiger partial charge in [0, 0.05) is 12.6 Å². The van der Waals surface area contributed by atoms with Crippen molar-refractivity contribution in [2.24, 2.45) is 11.7 Å². The average molecular weight is 271 g/mol. The molecule has 0 aromatic heterocycles. The molecule has 0 aromatic carbocycles. The Bertz CT molecular complexity index is 240. The second kappa shape index (κ2) is 10.2. The molecule has 19 heavy (non-hydrogen) atoms. The lowest BCUT2D eigenvalue weighted by molar-refractivity contribution is -0.122.